The van der Waals surface area contributed by atoms with Crippen molar-refractivity contribution in [2.75, 3.05) is 6.79 Å². The molecule has 3 aromatic rings. The lowest BCUT2D eigenvalue weighted by atomic mass is 9.99. The Balaban J connectivity index is 1.68. The van der Waals surface area contributed by atoms with Crippen LogP contribution in [-0.4, -0.2) is 17.0 Å². The second-order valence-electron chi connectivity index (χ2n) is 6.02. The predicted octanol–water partition coefficient (Wildman–Crippen LogP) is 4.60. The Bertz CT molecular complexity index is 852. The van der Waals surface area contributed by atoms with Gasteiger partial charge in [-0.2, -0.15) is 5.10 Å². The van der Waals surface area contributed by atoms with Crippen molar-refractivity contribution in [2.24, 2.45) is 0 Å². The summed E-state index contributed by atoms with van der Waals surface area (Å²) in [5.41, 5.74) is 5.39. The Labute approximate surface area is 135 Å². The molecular formula is C19H18N2O2. The molecule has 0 spiro atoms. The number of aromatic nitrogens is 2. The number of fused-ring (bicyclic) bond motifs is 1. The number of H-pyrrole nitrogens is 1. The molecule has 0 saturated heterocycles. The summed E-state index contributed by atoms with van der Waals surface area (Å²) in [5, 5.41) is 7.57. The first-order chi connectivity index (χ1) is 11.2. The molecule has 0 amide bonds. The third-order valence-corrected chi connectivity index (χ3v) is 4.11. The van der Waals surface area contributed by atoms with E-state index in [4.69, 9.17) is 9.47 Å². The van der Waals surface area contributed by atoms with Crippen LogP contribution in [0.1, 0.15) is 25.3 Å². The maximum atomic E-state index is 5.44. The van der Waals surface area contributed by atoms with Gasteiger partial charge in [0.25, 0.3) is 0 Å². The molecule has 0 fully saturated rings. The minimum Gasteiger partial charge on any atom is -0.454 e. The van der Waals surface area contributed by atoms with Gasteiger partial charge < -0.3 is 9.47 Å². The Morgan fingerprint density at radius 2 is 1.83 bits per heavy atom. The minimum absolute atomic E-state index is 0.287. The van der Waals surface area contributed by atoms with Crippen molar-refractivity contribution < 1.29 is 9.47 Å². The molecule has 4 heteroatoms. The van der Waals surface area contributed by atoms with Gasteiger partial charge in [0.2, 0.25) is 6.79 Å². The molecule has 116 valence electrons. The first kappa shape index (κ1) is 13.9. The van der Waals surface area contributed by atoms with Crippen LogP contribution in [0.3, 0.4) is 0 Å². The molecule has 1 aromatic heterocycles. The molecule has 0 saturated carbocycles. The maximum absolute atomic E-state index is 5.44. The summed E-state index contributed by atoms with van der Waals surface area (Å²) in [6.07, 6.45) is 0. The topological polar surface area (TPSA) is 47.1 Å². The lowest BCUT2D eigenvalue weighted by Crippen LogP contribution is -1.92. The lowest BCUT2D eigenvalue weighted by molar-refractivity contribution is 0.174. The third-order valence-electron chi connectivity index (χ3n) is 4.11. The Morgan fingerprint density at radius 3 is 2.70 bits per heavy atom. The van der Waals surface area contributed by atoms with Crippen molar-refractivity contribution in [3.63, 3.8) is 0 Å². The van der Waals surface area contributed by atoms with Gasteiger partial charge in [-0.3, -0.25) is 5.10 Å². The number of benzene rings is 2. The summed E-state index contributed by atoms with van der Waals surface area (Å²) in [4.78, 5) is 0. The molecular weight excluding hydrogens is 288 g/mol. The fourth-order valence-corrected chi connectivity index (χ4v) is 2.74. The number of ether oxygens (including phenoxy) is 2. The van der Waals surface area contributed by atoms with Gasteiger partial charge in [0.05, 0.1) is 11.4 Å². The van der Waals surface area contributed by atoms with E-state index in [1.54, 1.807) is 0 Å². The highest BCUT2D eigenvalue weighted by Crippen LogP contribution is 2.36. The smallest absolute Gasteiger partial charge is 0.231 e. The third kappa shape index (κ3) is 2.57. The number of nitrogens with zero attached hydrogens (tertiary/aromatic N) is 1. The molecule has 0 aliphatic carbocycles. The predicted molar refractivity (Wildman–Crippen MR) is 89.7 cm³/mol. The summed E-state index contributed by atoms with van der Waals surface area (Å²) >= 11 is 0. The monoisotopic (exact) mass is 306 g/mol. The van der Waals surface area contributed by atoms with E-state index in [1.807, 2.05) is 18.2 Å². The number of hydrogen-bond acceptors (Lipinski definition) is 3. The van der Waals surface area contributed by atoms with Crippen molar-refractivity contribution in [3.05, 3.63) is 54.1 Å². The summed E-state index contributed by atoms with van der Waals surface area (Å²) in [5.74, 6) is 2.07. The van der Waals surface area contributed by atoms with E-state index < -0.39 is 0 Å². The van der Waals surface area contributed by atoms with E-state index in [0.29, 0.717) is 5.92 Å². The summed E-state index contributed by atoms with van der Waals surface area (Å²) in [6.45, 7) is 4.68. The average Bonchev–Trinajstić information content (AvgIpc) is 3.23. The highest BCUT2D eigenvalue weighted by Gasteiger charge is 2.15. The molecule has 0 unspecified atom stereocenters. The maximum Gasteiger partial charge on any atom is 0.231 e. The first-order valence-electron chi connectivity index (χ1n) is 7.76. The fourth-order valence-electron chi connectivity index (χ4n) is 2.74. The second kappa shape index (κ2) is 5.47. The summed E-state index contributed by atoms with van der Waals surface area (Å²) in [6, 6.07) is 16.5. The standard InChI is InChI=1S/C19H18N2O2/c1-12(2)13-4-3-5-14(8-13)16-10-17(21-20-16)15-6-7-18-19(9-15)23-11-22-18/h3-10,12H,11H2,1-2H3,(H,20,21). The summed E-state index contributed by atoms with van der Waals surface area (Å²) in [7, 11) is 0. The molecule has 0 bridgehead atoms. The molecule has 4 rings (SSSR count). The normalized spacial score (nSPS) is 12.8. The zero-order valence-electron chi connectivity index (χ0n) is 13.2. The quantitative estimate of drug-likeness (QED) is 0.769. The van der Waals surface area contributed by atoms with Gasteiger partial charge in [0, 0.05) is 11.1 Å². The van der Waals surface area contributed by atoms with E-state index in [-0.39, 0.29) is 6.79 Å². The molecule has 1 aliphatic heterocycles. The van der Waals surface area contributed by atoms with Crippen molar-refractivity contribution in [1.82, 2.24) is 10.2 Å². The molecule has 23 heavy (non-hydrogen) atoms. The van der Waals surface area contributed by atoms with Crippen LogP contribution in [0.25, 0.3) is 22.5 Å². The molecule has 0 atom stereocenters. The van der Waals surface area contributed by atoms with Crippen molar-refractivity contribution in [1.29, 1.82) is 0 Å². The zero-order chi connectivity index (χ0) is 15.8. The molecule has 0 radical (unpaired) electrons. The van der Waals surface area contributed by atoms with Crippen molar-refractivity contribution in [3.8, 4) is 34.0 Å². The van der Waals surface area contributed by atoms with Crippen LogP contribution in [0.5, 0.6) is 11.5 Å². The Kier molecular flexibility index (Phi) is 3.30. The average molecular weight is 306 g/mol. The van der Waals surface area contributed by atoms with Crippen molar-refractivity contribution >= 4 is 0 Å². The number of aromatic amines is 1. The SMILES string of the molecule is CC(C)c1cccc(-c2cc(-c3ccc4c(c3)OCO4)[nH]n2)c1. The van der Waals surface area contributed by atoms with Crippen LogP contribution in [0.4, 0.5) is 0 Å². The highest BCUT2D eigenvalue weighted by molar-refractivity contribution is 5.70. The van der Waals surface area contributed by atoms with E-state index >= 15 is 0 Å². The zero-order valence-corrected chi connectivity index (χ0v) is 13.2. The minimum atomic E-state index is 0.287. The van der Waals surface area contributed by atoms with E-state index in [9.17, 15) is 0 Å². The van der Waals surface area contributed by atoms with E-state index in [2.05, 4.69) is 54.4 Å². The number of nitrogens with one attached hydrogen (secondary N) is 1. The van der Waals surface area contributed by atoms with Crippen LogP contribution in [0.2, 0.25) is 0 Å². The van der Waals surface area contributed by atoms with Crippen LogP contribution < -0.4 is 9.47 Å². The molecule has 2 heterocycles. The van der Waals surface area contributed by atoms with Crippen LogP contribution in [0, 0.1) is 0 Å². The molecule has 4 nitrogen and oxygen atoms in total. The van der Waals surface area contributed by atoms with Gasteiger partial charge in [-0.1, -0.05) is 32.0 Å². The van der Waals surface area contributed by atoms with Gasteiger partial charge in [-0.05, 0) is 41.8 Å². The lowest BCUT2D eigenvalue weighted by Gasteiger charge is -2.06. The molecule has 1 aliphatic rings. The first-order valence-corrected chi connectivity index (χ1v) is 7.76. The molecule has 1 N–H and O–H groups in total. The van der Waals surface area contributed by atoms with Crippen molar-refractivity contribution in [2.45, 2.75) is 19.8 Å². The number of hydrogen-bond donors (Lipinski definition) is 1. The van der Waals surface area contributed by atoms with Crippen LogP contribution in [-0.2, 0) is 0 Å². The number of rotatable bonds is 3. The summed E-state index contributed by atoms with van der Waals surface area (Å²) < 4.78 is 10.8. The van der Waals surface area contributed by atoms with Gasteiger partial charge in [0.1, 0.15) is 0 Å². The van der Waals surface area contributed by atoms with Gasteiger partial charge in [-0.15, -0.1) is 0 Å². The Hall–Kier alpha value is -2.75. The fraction of sp³-hybridized carbons (Fsp3) is 0.211. The van der Waals surface area contributed by atoms with E-state index in [0.717, 1.165) is 34.0 Å². The Morgan fingerprint density at radius 1 is 0.957 bits per heavy atom. The van der Waals surface area contributed by atoms with Crippen LogP contribution >= 0.6 is 0 Å². The highest BCUT2D eigenvalue weighted by atomic mass is 16.7. The van der Waals surface area contributed by atoms with Crippen LogP contribution in [0.15, 0.2) is 48.5 Å². The van der Waals surface area contributed by atoms with Gasteiger partial charge in [0.15, 0.2) is 11.5 Å². The second-order valence-corrected chi connectivity index (χ2v) is 6.02. The molecule has 2 aromatic carbocycles. The van der Waals surface area contributed by atoms with E-state index in [1.165, 1.54) is 5.56 Å². The van der Waals surface area contributed by atoms with Gasteiger partial charge >= 0.3 is 0 Å². The largest absolute Gasteiger partial charge is 0.454 e. The van der Waals surface area contributed by atoms with Gasteiger partial charge in [-0.25, -0.2) is 0 Å².